The highest BCUT2D eigenvalue weighted by atomic mass is 19.4. The third-order valence-electron chi connectivity index (χ3n) is 5.44. The minimum Gasteiger partial charge on any atom is -0.481 e. The van der Waals surface area contributed by atoms with Crippen LogP contribution in [0.15, 0.2) is 42.6 Å². The first kappa shape index (κ1) is 19.7. The Kier molecular flexibility index (Phi) is 4.95. The minimum atomic E-state index is -4.50. The molecule has 5 unspecified atom stereocenters. The van der Waals surface area contributed by atoms with Gasteiger partial charge in [-0.2, -0.15) is 13.2 Å². The summed E-state index contributed by atoms with van der Waals surface area (Å²) in [7, 11) is 1.47. The topological polar surface area (TPSA) is 80.7 Å². The van der Waals surface area contributed by atoms with Gasteiger partial charge in [-0.1, -0.05) is 6.07 Å². The fourth-order valence-electron chi connectivity index (χ4n) is 4.18. The Morgan fingerprint density at radius 2 is 2.10 bits per heavy atom. The normalized spacial score (nSPS) is 28.4. The number of carbonyl (C=O) groups is 1. The van der Waals surface area contributed by atoms with Gasteiger partial charge in [0.1, 0.15) is 0 Å². The van der Waals surface area contributed by atoms with Gasteiger partial charge in [-0.05, 0) is 29.8 Å². The maximum absolute atomic E-state index is 13.0. The molecule has 2 aliphatic rings. The van der Waals surface area contributed by atoms with E-state index in [0.29, 0.717) is 17.9 Å². The Morgan fingerprint density at radius 3 is 2.83 bits per heavy atom. The van der Waals surface area contributed by atoms with Gasteiger partial charge in [-0.15, -0.1) is 0 Å². The number of rotatable bonds is 4. The zero-order chi connectivity index (χ0) is 20.8. The second-order valence-corrected chi connectivity index (χ2v) is 7.19. The van der Waals surface area contributed by atoms with Crippen molar-refractivity contribution >= 4 is 11.6 Å². The molecule has 3 heterocycles. The van der Waals surface area contributed by atoms with E-state index < -0.39 is 47.8 Å². The van der Waals surface area contributed by atoms with Gasteiger partial charge < -0.3 is 19.9 Å². The van der Waals surface area contributed by atoms with Crippen LogP contribution >= 0.6 is 0 Å². The lowest BCUT2D eigenvalue weighted by molar-refractivity contribution is -0.137. The Bertz CT molecular complexity index is 921. The van der Waals surface area contributed by atoms with Gasteiger partial charge in [-0.25, -0.2) is 4.98 Å². The molecule has 2 aromatic rings. The van der Waals surface area contributed by atoms with E-state index in [1.807, 2.05) is 0 Å². The van der Waals surface area contributed by atoms with Crippen LogP contribution < -0.4 is 10.1 Å². The number of halogens is 3. The molecule has 29 heavy (non-hydrogen) atoms. The van der Waals surface area contributed by atoms with Crippen LogP contribution in [0.2, 0.25) is 0 Å². The lowest BCUT2D eigenvalue weighted by Crippen LogP contribution is -2.41. The highest BCUT2D eigenvalue weighted by Gasteiger charge is 2.57. The number of nitrogens with zero attached hydrogens (tertiary/aromatic N) is 1. The van der Waals surface area contributed by atoms with E-state index in [2.05, 4.69) is 10.3 Å². The lowest BCUT2D eigenvalue weighted by atomic mass is 9.74. The number of nitrogens with one attached hydrogen (secondary N) is 1. The number of hydrogen-bond acceptors (Lipinski definition) is 5. The average molecular weight is 408 g/mol. The summed E-state index contributed by atoms with van der Waals surface area (Å²) in [5.41, 5.74) is -0.0724. The molecule has 0 saturated carbocycles. The summed E-state index contributed by atoms with van der Waals surface area (Å²) >= 11 is 0. The van der Waals surface area contributed by atoms with Crippen molar-refractivity contribution in [1.29, 1.82) is 0 Å². The average Bonchev–Trinajstić information content (AvgIpc) is 3.24. The molecule has 9 heteroatoms. The van der Waals surface area contributed by atoms with Crippen LogP contribution in [0.4, 0.5) is 18.9 Å². The summed E-state index contributed by atoms with van der Waals surface area (Å²) < 4.78 is 49.8. The number of carbonyl (C=O) groups excluding carboxylic acids is 1. The van der Waals surface area contributed by atoms with E-state index in [1.165, 1.54) is 25.4 Å². The SMILES string of the molecule is COc1cc(C2C3OC(CC3O)C2C(=O)Nc2cccc(C(F)(F)F)c2)ccn1. The number of amides is 1. The van der Waals surface area contributed by atoms with Crippen molar-refractivity contribution < 1.29 is 32.5 Å². The summed E-state index contributed by atoms with van der Waals surface area (Å²) in [5, 5.41) is 12.8. The van der Waals surface area contributed by atoms with E-state index in [-0.39, 0.29) is 5.69 Å². The smallest absolute Gasteiger partial charge is 0.416 e. The van der Waals surface area contributed by atoms with Crippen molar-refractivity contribution in [3.05, 3.63) is 53.7 Å². The quantitative estimate of drug-likeness (QED) is 0.813. The van der Waals surface area contributed by atoms with Crippen LogP contribution in [0.1, 0.15) is 23.5 Å². The van der Waals surface area contributed by atoms with Gasteiger partial charge >= 0.3 is 6.18 Å². The van der Waals surface area contributed by atoms with Crippen LogP contribution in [0, 0.1) is 5.92 Å². The molecule has 4 rings (SSSR count). The van der Waals surface area contributed by atoms with Gasteiger partial charge in [0.05, 0.1) is 36.9 Å². The molecular weight excluding hydrogens is 389 g/mol. The fraction of sp³-hybridized carbons (Fsp3) is 0.400. The molecule has 2 bridgehead atoms. The molecule has 1 aromatic heterocycles. The number of aliphatic hydroxyl groups excluding tert-OH is 1. The Labute approximate surface area is 164 Å². The van der Waals surface area contributed by atoms with E-state index in [1.54, 1.807) is 12.1 Å². The number of pyridine rings is 1. The summed E-state index contributed by atoms with van der Waals surface area (Å²) in [6, 6.07) is 7.87. The number of aromatic nitrogens is 1. The molecule has 1 amide bonds. The first-order valence-electron chi connectivity index (χ1n) is 9.09. The van der Waals surface area contributed by atoms with Crippen molar-refractivity contribution in [2.75, 3.05) is 12.4 Å². The van der Waals surface area contributed by atoms with Crippen molar-refractivity contribution in [2.24, 2.45) is 5.92 Å². The summed E-state index contributed by atoms with van der Waals surface area (Å²) in [6.07, 6.45) is -4.49. The predicted octanol–water partition coefficient (Wildman–Crippen LogP) is 2.98. The lowest BCUT2D eigenvalue weighted by Gasteiger charge is -2.30. The van der Waals surface area contributed by atoms with Crippen LogP contribution in [0.5, 0.6) is 5.88 Å². The molecule has 1 aromatic carbocycles. The number of ether oxygens (including phenoxy) is 2. The monoisotopic (exact) mass is 408 g/mol. The molecule has 2 fully saturated rings. The molecule has 2 saturated heterocycles. The van der Waals surface area contributed by atoms with Gasteiger partial charge in [0.25, 0.3) is 0 Å². The highest BCUT2D eigenvalue weighted by Crippen LogP contribution is 2.49. The number of alkyl halides is 3. The zero-order valence-corrected chi connectivity index (χ0v) is 15.4. The van der Waals surface area contributed by atoms with Gasteiger partial charge in [0.2, 0.25) is 11.8 Å². The van der Waals surface area contributed by atoms with Crippen LogP contribution in [0.25, 0.3) is 0 Å². The third-order valence-corrected chi connectivity index (χ3v) is 5.44. The third kappa shape index (κ3) is 3.67. The number of aliphatic hydroxyl groups is 1. The zero-order valence-electron chi connectivity index (χ0n) is 15.4. The second kappa shape index (κ2) is 7.31. The molecule has 2 aliphatic heterocycles. The maximum Gasteiger partial charge on any atom is 0.416 e. The number of methoxy groups -OCH3 is 1. The number of hydrogen-bond donors (Lipinski definition) is 2. The molecule has 0 spiro atoms. The summed E-state index contributed by atoms with van der Waals surface area (Å²) in [6.45, 7) is 0. The Morgan fingerprint density at radius 1 is 1.31 bits per heavy atom. The fourth-order valence-corrected chi connectivity index (χ4v) is 4.18. The molecule has 0 aliphatic carbocycles. The highest BCUT2D eigenvalue weighted by molar-refractivity contribution is 5.94. The molecule has 154 valence electrons. The molecule has 0 radical (unpaired) electrons. The molecule has 6 nitrogen and oxygen atoms in total. The van der Waals surface area contributed by atoms with E-state index in [9.17, 15) is 23.1 Å². The predicted molar refractivity (Wildman–Crippen MR) is 96.4 cm³/mol. The van der Waals surface area contributed by atoms with E-state index in [0.717, 1.165) is 12.1 Å². The van der Waals surface area contributed by atoms with Crippen molar-refractivity contribution in [3.8, 4) is 5.88 Å². The first-order chi connectivity index (χ1) is 13.8. The number of fused-ring (bicyclic) bond motifs is 2. The van der Waals surface area contributed by atoms with Crippen LogP contribution in [-0.2, 0) is 15.7 Å². The van der Waals surface area contributed by atoms with Gasteiger partial charge in [0, 0.05) is 30.3 Å². The van der Waals surface area contributed by atoms with Gasteiger partial charge in [0.15, 0.2) is 0 Å². The maximum atomic E-state index is 13.0. The largest absolute Gasteiger partial charge is 0.481 e. The van der Waals surface area contributed by atoms with E-state index in [4.69, 9.17) is 9.47 Å². The standard InChI is InChI=1S/C20H19F3N2O4/c1-28-15-7-10(5-6-24-15)16-17(14-9-13(26)18(16)29-14)19(27)25-12-4-2-3-11(8-12)20(21,22)23/h2-8,13-14,16-18,26H,9H2,1H3,(H,25,27). The Balaban J connectivity index is 1.61. The number of anilines is 1. The molecule has 2 N–H and O–H groups in total. The van der Waals surface area contributed by atoms with Crippen molar-refractivity contribution in [2.45, 2.75) is 36.8 Å². The second-order valence-electron chi connectivity index (χ2n) is 7.19. The Hall–Kier alpha value is -2.65. The minimum absolute atomic E-state index is 0.0548. The van der Waals surface area contributed by atoms with Crippen LogP contribution in [0.3, 0.4) is 0 Å². The first-order valence-corrected chi connectivity index (χ1v) is 9.09. The van der Waals surface area contributed by atoms with Crippen molar-refractivity contribution in [1.82, 2.24) is 4.98 Å². The summed E-state index contributed by atoms with van der Waals surface area (Å²) in [4.78, 5) is 17.1. The summed E-state index contributed by atoms with van der Waals surface area (Å²) in [5.74, 6) is -1.22. The number of benzene rings is 1. The van der Waals surface area contributed by atoms with E-state index >= 15 is 0 Å². The van der Waals surface area contributed by atoms with Crippen molar-refractivity contribution in [3.63, 3.8) is 0 Å². The molecule has 5 atom stereocenters. The van der Waals surface area contributed by atoms with Gasteiger partial charge in [-0.3, -0.25) is 4.79 Å². The van der Waals surface area contributed by atoms with Crippen LogP contribution in [-0.4, -0.2) is 41.4 Å². The molecular formula is C20H19F3N2O4.